The van der Waals surface area contributed by atoms with Crippen LogP contribution in [0.3, 0.4) is 0 Å². The summed E-state index contributed by atoms with van der Waals surface area (Å²) in [5, 5.41) is 9.25. The van der Waals surface area contributed by atoms with Crippen molar-refractivity contribution in [2.45, 2.75) is 13.0 Å². The summed E-state index contributed by atoms with van der Waals surface area (Å²) < 4.78 is 11.4. The van der Waals surface area contributed by atoms with Gasteiger partial charge in [0.2, 0.25) is 0 Å². The fraction of sp³-hybridized carbons (Fsp3) is 0.227. The van der Waals surface area contributed by atoms with Crippen LogP contribution in [-0.4, -0.2) is 36.3 Å². The topological polar surface area (TPSA) is 79.6 Å². The van der Waals surface area contributed by atoms with Gasteiger partial charge in [-0.05, 0) is 64.0 Å². The normalized spacial score (nSPS) is 14.9. The van der Waals surface area contributed by atoms with Gasteiger partial charge in [0, 0.05) is 25.8 Å². The number of nitriles is 1. The summed E-state index contributed by atoms with van der Waals surface area (Å²) in [4.78, 5) is 26.3. The van der Waals surface area contributed by atoms with Gasteiger partial charge in [-0.15, -0.1) is 0 Å². The van der Waals surface area contributed by atoms with E-state index in [1.165, 1.54) is 4.90 Å². The van der Waals surface area contributed by atoms with Crippen molar-refractivity contribution >= 4 is 56.5 Å². The number of amides is 2. The molecule has 0 aliphatic carbocycles. The van der Waals surface area contributed by atoms with Crippen LogP contribution >= 0.6 is 39.3 Å². The molecule has 160 valence electrons. The van der Waals surface area contributed by atoms with Crippen LogP contribution in [0.2, 0.25) is 5.02 Å². The molecule has 0 spiro atoms. The number of hydrogen-bond donors (Lipinski definition) is 0. The highest BCUT2D eigenvalue weighted by Gasteiger charge is 2.34. The summed E-state index contributed by atoms with van der Waals surface area (Å²) in [6, 6.07) is 12.7. The highest BCUT2D eigenvalue weighted by Crippen LogP contribution is 2.38. The lowest BCUT2D eigenvalue weighted by Crippen LogP contribution is -2.29. The third-order valence-corrected chi connectivity index (χ3v) is 6.21. The Morgan fingerprint density at radius 2 is 2.06 bits per heavy atom. The first kappa shape index (κ1) is 23.4. The number of halogens is 2. The van der Waals surface area contributed by atoms with E-state index in [2.05, 4.69) is 22.0 Å². The van der Waals surface area contributed by atoms with E-state index in [1.807, 2.05) is 12.1 Å². The highest BCUT2D eigenvalue weighted by molar-refractivity contribution is 9.10. The van der Waals surface area contributed by atoms with Crippen molar-refractivity contribution < 1.29 is 19.1 Å². The lowest BCUT2D eigenvalue weighted by Gasteiger charge is -2.12. The van der Waals surface area contributed by atoms with Crippen molar-refractivity contribution in [3.8, 4) is 11.8 Å². The van der Waals surface area contributed by atoms with E-state index in [0.29, 0.717) is 50.8 Å². The van der Waals surface area contributed by atoms with Gasteiger partial charge < -0.3 is 9.47 Å². The van der Waals surface area contributed by atoms with Crippen molar-refractivity contribution in [2.75, 3.05) is 20.3 Å². The van der Waals surface area contributed by atoms with E-state index in [1.54, 1.807) is 37.5 Å². The summed E-state index contributed by atoms with van der Waals surface area (Å²) >= 11 is 10.8. The number of methoxy groups -OCH3 is 1. The molecule has 31 heavy (non-hydrogen) atoms. The van der Waals surface area contributed by atoms with Crippen molar-refractivity contribution in [2.24, 2.45) is 0 Å². The van der Waals surface area contributed by atoms with E-state index in [0.717, 1.165) is 17.3 Å². The maximum atomic E-state index is 12.6. The van der Waals surface area contributed by atoms with Crippen LogP contribution in [0.4, 0.5) is 4.79 Å². The van der Waals surface area contributed by atoms with Gasteiger partial charge in [0.05, 0.1) is 26.0 Å². The van der Waals surface area contributed by atoms with E-state index >= 15 is 0 Å². The molecule has 0 aromatic heterocycles. The smallest absolute Gasteiger partial charge is 0.293 e. The zero-order chi connectivity index (χ0) is 22.4. The van der Waals surface area contributed by atoms with Gasteiger partial charge >= 0.3 is 0 Å². The number of carbonyl (C=O) groups is 2. The molecule has 9 heteroatoms. The van der Waals surface area contributed by atoms with Crippen molar-refractivity contribution in [1.82, 2.24) is 4.90 Å². The Hall–Kier alpha value is -2.31. The molecule has 2 amide bonds. The lowest BCUT2D eigenvalue weighted by atomic mass is 10.1. The molecule has 1 heterocycles. The molecule has 2 aromatic rings. The molecule has 0 unspecified atom stereocenters. The van der Waals surface area contributed by atoms with Crippen molar-refractivity contribution in [3.05, 3.63) is 67.5 Å². The number of thioether (sulfide) groups is 1. The third-order valence-electron chi connectivity index (χ3n) is 4.43. The predicted octanol–water partition coefficient (Wildman–Crippen LogP) is 5.63. The maximum Gasteiger partial charge on any atom is 0.293 e. The number of benzene rings is 2. The summed E-state index contributed by atoms with van der Waals surface area (Å²) in [6.07, 6.45) is 2.22. The van der Waals surface area contributed by atoms with Crippen LogP contribution in [0.25, 0.3) is 6.08 Å². The van der Waals surface area contributed by atoms with Crippen LogP contribution in [0.1, 0.15) is 23.1 Å². The molecule has 0 atom stereocenters. The molecule has 1 fully saturated rings. The molecule has 0 radical (unpaired) electrons. The number of hydrogen-bond acceptors (Lipinski definition) is 6. The Kier molecular flexibility index (Phi) is 8.15. The molecule has 3 rings (SSSR count). The van der Waals surface area contributed by atoms with Crippen LogP contribution < -0.4 is 4.74 Å². The summed E-state index contributed by atoms with van der Waals surface area (Å²) in [6.45, 7) is 0.975. The summed E-state index contributed by atoms with van der Waals surface area (Å²) in [5.41, 5.74) is 1.94. The number of imide groups is 1. The van der Waals surface area contributed by atoms with Crippen molar-refractivity contribution in [1.29, 1.82) is 5.26 Å². The second-order valence-electron chi connectivity index (χ2n) is 6.55. The SMILES string of the molecule is COCCCN1C(=O)S/C(=C/c2cc(Cl)c(OCc3ccccc3C#N)c(Br)c2)C1=O. The van der Waals surface area contributed by atoms with Crippen LogP contribution in [0, 0.1) is 11.3 Å². The van der Waals surface area contributed by atoms with Crippen LogP contribution in [0.5, 0.6) is 5.75 Å². The third kappa shape index (κ3) is 5.69. The molecule has 2 aromatic carbocycles. The zero-order valence-corrected chi connectivity index (χ0v) is 19.7. The predicted molar refractivity (Wildman–Crippen MR) is 124 cm³/mol. The van der Waals surface area contributed by atoms with E-state index in [-0.39, 0.29) is 17.8 Å². The van der Waals surface area contributed by atoms with Crippen molar-refractivity contribution in [3.63, 3.8) is 0 Å². The Balaban J connectivity index is 1.75. The minimum Gasteiger partial charge on any atom is -0.486 e. The number of ether oxygens (including phenoxy) is 2. The molecular weight excluding hydrogens is 504 g/mol. The summed E-state index contributed by atoms with van der Waals surface area (Å²) in [7, 11) is 1.57. The second-order valence-corrected chi connectivity index (χ2v) is 8.81. The van der Waals surface area contributed by atoms with Gasteiger partial charge in [-0.3, -0.25) is 14.5 Å². The van der Waals surface area contributed by atoms with E-state index in [4.69, 9.17) is 21.1 Å². The molecule has 1 saturated heterocycles. The quantitative estimate of drug-likeness (QED) is 0.331. The maximum absolute atomic E-state index is 12.6. The average Bonchev–Trinajstić information content (AvgIpc) is 3.01. The monoisotopic (exact) mass is 520 g/mol. The molecular formula is C22H18BrClN2O4S. The standard InChI is InChI=1S/C22H18BrClN2O4S/c1-29-8-4-7-26-21(27)19(31-22(26)28)11-14-9-17(23)20(18(24)10-14)30-13-16-6-3-2-5-15(16)12-25/h2-3,5-6,9-11H,4,7-8,13H2,1H3/b19-11+. The Morgan fingerprint density at radius 1 is 1.29 bits per heavy atom. The molecule has 0 saturated carbocycles. The zero-order valence-electron chi connectivity index (χ0n) is 16.6. The first-order valence-corrected chi connectivity index (χ1v) is 11.3. The van der Waals surface area contributed by atoms with E-state index in [9.17, 15) is 14.9 Å². The summed E-state index contributed by atoms with van der Waals surface area (Å²) in [5.74, 6) is 0.103. The van der Waals surface area contributed by atoms with Gasteiger partial charge in [-0.2, -0.15) is 5.26 Å². The minimum absolute atomic E-state index is 0.182. The fourth-order valence-corrected chi connectivity index (χ4v) is 4.77. The van der Waals surface area contributed by atoms with Gasteiger partial charge in [0.15, 0.2) is 5.75 Å². The number of nitrogens with zero attached hydrogens (tertiary/aromatic N) is 2. The molecule has 1 aliphatic rings. The van der Waals surface area contributed by atoms with Crippen LogP contribution in [-0.2, 0) is 16.1 Å². The Bertz CT molecular complexity index is 1060. The van der Waals surface area contributed by atoms with Gasteiger partial charge in [0.25, 0.3) is 11.1 Å². The van der Waals surface area contributed by atoms with Gasteiger partial charge in [0.1, 0.15) is 6.61 Å². The fourth-order valence-electron chi connectivity index (χ4n) is 2.92. The van der Waals surface area contributed by atoms with Gasteiger partial charge in [-0.1, -0.05) is 29.8 Å². The highest BCUT2D eigenvalue weighted by atomic mass is 79.9. The molecule has 1 aliphatic heterocycles. The Morgan fingerprint density at radius 3 is 2.77 bits per heavy atom. The Labute approximate surface area is 197 Å². The number of carbonyl (C=O) groups excluding carboxylic acids is 2. The lowest BCUT2D eigenvalue weighted by molar-refractivity contribution is -0.122. The molecule has 6 nitrogen and oxygen atoms in total. The first-order chi connectivity index (χ1) is 14.9. The largest absolute Gasteiger partial charge is 0.486 e. The van der Waals surface area contributed by atoms with Crippen LogP contribution in [0.15, 0.2) is 45.8 Å². The average molecular weight is 522 g/mol. The first-order valence-electron chi connectivity index (χ1n) is 9.28. The molecule has 0 N–H and O–H groups in total. The second kappa shape index (κ2) is 10.8. The number of rotatable bonds is 8. The molecule has 0 bridgehead atoms. The van der Waals surface area contributed by atoms with Gasteiger partial charge in [-0.25, -0.2) is 0 Å². The minimum atomic E-state index is -0.327. The van der Waals surface area contributed by atoms with E-state index < -0.39 is 0 Å².